The van der Waals surface area contributed by atoms with Crippen molar-refractivity contribution in [1.29, 1.82) is 0 Å². The molecule has 2 aliphatic rings. The third-order valence-corrected chi connectivity index (χ3v) is 6.37. The van der Waals surface area contributed by atoms with E-state index in [0.29, 0.717) is 29.7 Å². The van der Waals surface area contributed by atoms with Crippen molar-refractivity contribution in [3.8, 4) is 11.3 Å². The number of halogens is 3. The summed E-state index contributed by atoms with van der Waals surface area (Å²) in [6.07, 6.45) is 9.73. The molecule has 6 rings (SSSR count). The lowest BCUT2D eigenvalue weighted by molar-refractivity contribution is 0.0845. The number of pyridine rings is 2. The van der Waals surface area contributed by atoms with Crippen molar-refractivity contribution in [1.82, 2.24) is 19.3 Å². The Labute approximate surface area is 219 Å². The van der Waals surface area contributed by atoms with Crippen molar-refractivity contribution in [2.45, 2.75) is 37.6 Å². The standard InChI is InChI=1S/C20H18F2N2O2.C6H8N2.HI/c1-24-7-4-14-16(20(24)25)11-18(12-5-8-26-9-6-12)23-19(14)15-3-2-13(21)10-17(15)22;1-4-7-8(5-1)6-2-3-6;/h2-4,7,10-12H,5-6,8-9H2,1H3;1,4-6H,2-3H2;1H. The average Bonchev–Trinajstić information content (AvgIpc) is 3.56. The second kappa shape index (κ2) is 10.9. The zero-order valence-electron chi connectivity index (χ0n) is 19.4. The van der Waals surface area contributed by atoms with Gasteiger partial charge in [-0.05, 0) is 56.0 Å². The first kappa shape index (κ1) is 25.4. The minimum Gasteiger partial charge on any atom is -0.381 e. The van der Waals surface area contributed by atoms with Crippen LogP contribution in [-0.2, 0) is 11.8 Å². The topological polar surface area (TPSA) is 61.9 Å². The third kappa shape index (κ3) is 5.61. The van der Waals surface area contributed by atoms with Crippen molar-refractivity contribution in [2.24, 2.45) is 7.05 Å². The van der Waals surface area contributed by atoms with Gasteiger partial charge in [-0.3, -0.25) is 14.5 Å². The molecule has 35 heavy (non-hydrogen) atoms. The van der Waals surface area contributed by atoms with E-state index in [1.54, 1.807) is 25.4 Å². The lowest BCUT2D eigenvalue weighted by Gasteiger charge is -2.22. The van der Waals surface area contributed by atoms with E-state index in [9.17, 15) is 13.6 Å². The number of benzene rings is 1. The lowest BCUT2D eigenvalue weighted by atomic mass is 9.93. The molecule has 1 aliphatic heterocycles. The Hall–Kier alpha value is -2.66. The molecule has 0 atom stereocenters. The SMILES string of the molecule is Cn1ccc2c(-c3ccc(F)cc3F)nc(C3CCOCC3)cc2c1=O.I.c1cnn(C2CC2)c1. The molecule has 1 aromatic carbocycles. The fourth-order valence-corrected chi connectivity index (χ4v) is 4.29. The Morgan fingerprint density at radius 1 is 1.00 bits per heavy atom. The first-order valence-electron chi connectivity index (χ1n) is 11.5. The summed E-state index contributed by atoms with van der Waals surface area (Å²) in [5, 5.41) is 5.15. The molecule has 4 heterocycles. The van der Waals surface area contributed by atoms with E-state index in [4.69, 9.17) is 4.74 Å². The van der Waals surface area contributed by atoms with Gasteiger partial charge >= 0.3 is 0 Å². The maximum atomic E-state index is 14.4. The van der Waals surface area contributed by atoms with Crippen molar-refractivity contribution >= 4 is 34.7 Å². The van der Waals surface area contributed by atoms with Gasteiger partial charge in [0.05, 0.1) is 17.1 Å². The Bertz CT molecular complexity index is 1360. The van der Waals surface area contributed by atoms with Crippen LogP contribution in [0.4, 0.5) is 8.78 Å². The molecule has 1 saturated carbocycles. The molecule has 0 amide bonds. The molecular formula is C26H27F2IN4O2. The summed E-state index contributed by atoms with van der Waals surface area (Å²) in [5.74, 6) is -1.18. The smallest absolute Gasteiger partial charge is 0.258 e. The molecule has 0 N–H and O–H groups in total. The normalized spacial score (nSPS) is 15.9. The number of aryl methyl sites for hydroxylation is 1. The first-order chi connectivity index (χ1) is 16.5. The highest BCUT2D eigenvalue weighted by Crippen LogP contribution is 2.34. The summed E-state index contributed by atoms with van der Waals surface area (Å²) in [4.78, 5) is 17.3. The summed E-state index contributed by atoms with van der Waals surface area (Å²) in [7, 11) is 1.68. The fourth-order valence-electron chi connectivity index (χ4n) is 4.29. The number of hydrogen-bond acceptors (Lipinski definition) is 4. The summed E-state index contributed by atoms with van der Waals surface area (Å²) in [6, 6.07) is 9.67. The van der Waals surface area contributed by atoms with Crippen LogP contribution in [0.1, 0.15) is 43.3 Å². The van der Waals surface area contributed by atoms with E-state index in [0.717, 1.165) is 30.6 Å². The Morgan fingerprint density at radius 3 is 2.43 bits per heavy atom. The summed E-state index contributed by atoms with van der Waals surface area (Å²) in [5.41, 5.74) is 1.16. The van der Waals surface area contributed by atoms with Crippen LogP contribution in [0.15, 0.2) is 59.8 Å². The van der Waals surface area contributed by atoms with Crippen LogP contribution < -0.4 is 5.56 Å². The van der Waals surface area contributed by atoms with Gasteiger partial charge in [0, 0.05) is 67.5 Å². The van der Waals surface area contributed by atoms with Crippen LogP contribution >= 0.6 is 24.0 Å². The predicted octanol–water partition coefficient (Wildman–Crippen LogP) is 5.61. The van der Waals surface area contributed by atoms with Gasteiger partial charge in [0.25, 0.3) is 5.56 Å². The molecule has 6 nitrogen and oxygen atoms in total. The van der Waals surface area contributed by atoms with Crippen LogP contribution in [0.3, 0.4) is 0 Å². The highest BCUT2D eigenvalue weighted by atomic mass is 127. The second-order valence-electron chi connectivity index (χ2n) is 8.82. The number of nitrogens with zero attached hydrogens (tertiary/aromatic N) is 4. The van der Waals surface area contributed by atoms with Crippen LogP contribution in [-0.4, -0.2) is 32.5 Å². The number of ether oxygens (including phenoxy) is 1. The number of rotatable bonds is 3. The number of fused-ring (bicyclic) bond motifs is 1. The average molecular weight is 592 g/mol. The Balaban J connectivity index is 0.000000270. The molecular weight excluding hydrogens is 565 g/mol. The molecule has 2 fully saturated rings. The van der Waals surface area contributed by atoms with Gasteiger partial charge < -0.3 is 9.30 Å². The van der Waals surface area contributed by atoms with Gasteiger partial charge in [0.2, 0.25) is 0 Å². The molecule has 9 heteroatoms. The zero-order chi connectivity index (χ0) is 23.7. The fraction of sp³-hybridized carbons (Fsp3) is 0.346. The molecule has 1 aliphatic carbocycles. The van der Waals surface area contributed by atoms with Gasteiger partial charge in [0.15, 0.2) is 0 Å². The molecule has 0 bridgehead atoms. The first-order valence-corrected chi connectivity index (χ1v) is 11.5. The van der Waals surface area contributed by atoms with Crippen molar-refractivity contribution in [3.63, 3.8) is 0 Å². The van der Waals surface area contributed by atoms with Gasteiger partial charge in [-0.2, -0.15) is 5.10 Å². The zero-order valence-corrected chi connectivity index (χ0v) is 21.7. The molecule has 0 radical (unpaired) electrons. The van der Waals surface area contributed by atoms with Crippen LogP contribution in [0, 0.1) is 11.6 Å². The van der Waals surface area contributed by atoms with Crippen molar-refractivity contribution in [3.05, 3.63) is 82.7 Å². The second-order valence-corrected chi connectivity index (χ2v) is 8.82. The molecule has 4 aromatic rings. The molecule has 0 spiro atoms. The minimum atomic E-state index is -0.691. The van der Waals surface area contributed by atoms with Crippen LogP contribution in [0.5, 0.6) is 0 Å². The van der Waals surface area contributed by atoms with Crippen molar-refractivity contribution in [2.75, 3.05) is 13.2 Å². The molecule has 184 valence electrons. The monoisotopic (exact) mass is 592 g/mol. The Morgan fingerprint density at radius 2 is 1.77 bits per heavy atom. The van der Waals surface area contributed by atoms with E-state index >= 15 is 0 Å². The van der Waals surface area contributed by atoms with Gasteiger partial charge in [-0.25, -0.2) is 8.78 Å². The largest absolute Gasteiger partial charge is 0.381 e. The van der Waals surface area contributed by atoms with Gasteiger partial charge in [-0.1, -0.05) is 0 Å². The van der Waals surface area contributed by atoms with E-state index < -0.39 is 11.6 Å². The highest BCUT2D eigenvalue weighted by Gasteiger charge is 2.23. The maximum absolute atomic E-state index is 14.4. The van der Waals surface area contributed by atoms with Gasteiger partial charge in [0.1, 0.15) is 11.6 Å². The minimum absolute atomic E-state index is 0. The molecule has 3 aromatic heterocycles. The van der Waals surface area contributed by atoms with E-state index in [-0.39, 0.29) is 41.0 Å². The quantitative estimate of drug-likeness (QED) is 0.291. The number of hydrogen-bond donors (Lipinski definition) is 0. The van der Waals surface area contributed by atoms with Gasteiger partial charge in [-0.15, -0.1) is 24.0 Å². The number of aromatic nitrogens is 4. The maximum Gasteiger partial charge on any atom is 0.258 e. The van der Waals surface area contributed by atoms with Crippen molar-refractivity contribution < 1.29 is 13.5 Å². The summed E-state index contributed by atoms with van der Waals surface area (Å²) >= 11 is 0. The summed E-state index contributed by atoms with van der Waals surface area (Å²) < 4.78 is 36.7. The third-order valence-electron chi connectivity index (χ3n) is 6.37. The highest BCUT2D eigenvalue weighted by molar-refractivity contribution is 14.0. The lowest BCUT2D eigenvalue weighted by Crippen LogP contribution is -2.19. The predicted molar refractivity (Wildman–Crippen MR) is 141 cm³/mol. The molecule has 1 saturated heterocycles. The van der Waals surface area contributed by atoms with Crippen LogP contribution in [0.25, 0.3) is 22.0 Å². The van der Waals surface area contributed by atoms with Crippen LogP contribution in [0.2, 0.25) is 0 Å². The molecule has 0 unspecified atom stereocenters. The van der Waals surface area contributed by atoms with E-state index in [1.165, 1.54) is 29.5 Å². The van der Waals surface area contributed by atoms with E-state index in [2.05, 4.69) is 10.1 Å². The Kier molecular flexibility index (Phi) is 7.95. The summed E-state index contributed by atoms with van der Waals surface area (Å²) in [6.45, 7) is 1.27. The van der Waals surface area contributed by atoms with E-state index in [1.807, 2.05) is 23.1 Å².